The van der Waals surface area contributed by atoms with Gasteiger partial charge in [-0.3, -0.25) is 0 Å². The number of hydrogen-bond donors (Lipinski definition) is 1. The first kappa shape index (κ1) is 9.67. The third-order valence-electron chi connectivity index (χ3n) is 1.63. The maximum atomic E-state index is 5.19. The lowest BCUT2D eigenvalue weighted by Gasteiger charge is -1.98. The van der Waals surface area contributed by atoms with Crippen LogP contribution in [0.2, 0.25) is 0 Å². The quantitative estimate of drug-likeness (QED) is 0.930. The van der Waals surface area contributed by atoms with E-state index < -0.39 is 0 Å². The Morgan fingerprint density at radius 1 is 1.50 bits per heavy atom. The fraction of sp³-hybridized carbons (Fsp3) is 0.250. The van der Waals surface area contributed by atoms with Crippen molar-refractivity contribution in [2.75, 3.05) is 11.9 Å². The van der Waals surface area contributed by atoms with E-state index in [1.807, 2.05) is 12.1 Å². The Labute approximate surface area is 93.5 Å². The van der Waals surface area contributed by atoms with Crippen LogP contribution >= 0.6 is 27.3 Å². The van der Waals surface area contributed by atoms with E-state index in [4.69, 9.17) is 4.42 Å². The number of furan rings is 1. The summed E-state index contributed by atoms with van der Waals surface area (Å²) in [6.45, 7) is 0.801. The Kier molecular flexibility index (Phi) is 3.15. The highest BCUT2D eigenvalue weighted by molar-refractivity contribution is 9.11. The molecule has 0 aliphatic carbocycles. The summed E-state index contributed by atoms with van der Waals surface area (Å²) in [5.41, 5.74) is 0. The van der Waals surface area contributed by atoms with Gasteiger partial charge in [-0.2, -0.15) is 0 Å². The van der Waals surface area contributed by atoms with Crippen molar-refractivity contribution in [3.8, 4) is 0 Å². The molecule has 0 fully saturated rings. The van der Waals surface area contributed by atoms with Crippen molar-refractivity contribution in [2.45, 2.75) is 6.42 Å². The number of nitrogens with one attached hydrogen (secondary N) is 1. The largest absolute Gasteiger partial charge is 0.469 e. The first-order valence-electron chi connectivity index (χ1n) is 4.10. The molecule has 0 atom stereocenters. The molecule has 1 N–H and O–H groups in total. The molecular formula is C8H8BrN3OS. The molecule has 2 aromatic rings. The van der Waals surface area contributed by atoms with E-state index in [9.17, 15) is 0 Å². The third-order valence-corrected chi connectivity index (χ3v) is 2.94. The van der Waals surface area contributed by atoms with Gasteiger partial charge in [-0.1, -0.05) is 11.3 Å². The fourth-order valence-corrected chi connectivity index (χ4v) is 2.06. The monoisotopic (exact) mass is 273 g/mol. The Morgan fingerprint density at radius 2 is 2.43 bits per heavy atom. The number of nitrogens with zero attached hydrogens (tertiary/aromatic N) is 2. The smallest absolute Gasteiger partial charge is 0.206 e. The molecule has 0 unspecified atom stereocenters. The maximum absolute atomic E-state index is 5.19. The molecule has 0 bridgehead atoms. The van der Waals surface area contributed by atoms with E-state index >= 15 is 0 Å². The minimum atomic E-state index is 0.790. The minimum absolute atomic E-state index is 0.790. The summed E-state index contributed by atoms with van der Waals surface area (Å²) >= 11 is 4.73. The van der Waals surface area contributed by atoms with Crippen LogP contribution in [-0.4, -0.2) is 16.7 Å². The SMILES string of the molecule is Brc1nnc(NCCc2ccco2)s1. The highest BCUT2D eigenvalue weighted by Gasteiger charge is 2.00. The van der Waals surface area contributed by atoms with Crippen LogP contribution in [0.1, 0.15) is 5.76 Å². The predicted octanol–water partition coefficient (Wildman–Crippen LogP) is 2.55. The van der Waals surface area contributed by atoms with Crippen molar-refractivity contribution < 1.29 is 4.42 Å². The zero-order chi connectivity index (χ0) is 9.80. The molecule has 2 aromatic heterocycles. The molecule has 0 saturated heterocycles. The lowest BCUT2D eigenvalue weighted by molar-refractivity contribution is 0.513. The Balaban J connectivity index is 1.78. The molecule has 6 heteroatoms. The van der Waals surface area contributed by atoms with Crippen LogP contribution in [0.15, 0.2) is 26.7 Å². The predicted molar refractivity (Wildman–Crippen MR) is 58.5 cm³/mol. The van der Waals surface area contributed by atoms with E-state index in [0.29, 0.717) is 0 Å². The molecule has 0 aromatic carbocycles. The molecule has 0 amide bonds. The van der Waals surface area contributed by atoms with Gasteiger partial charge in [0.2, 0.25) is 5.13 Å². The highest BCUT2D eigenvalue weighted by Crippen LogP contribution is 2.19. The van der Waals surface area contributed by atoms with Crippen LogP contribution < -0.4 is 5.32 Å². The lowest BCUT2D eigenvalue weighted by atomic mass is 10.3. The van der Waals surface area contributed by atoms with Gasteiger partial charge >= 0.3 is 0 Å². The topological polar surface area (TPSA) is 51.0 Å². The van der Waals surface area contributed by atoms with Gasteiger partial charge in [-0.15, -0.1) is 10.2 Å². The third kappa shape index (κ3) is 2.55. The fourth-order valence-electron chi connectivity index (χ4n) is 1.02. The first-order valence-corrected chi connectivity index (χ1v) is 5.71. The average Bonchev–Trinajstić information content (AvgIpc) is 2.77. The van der Waals surface area contributed by atoms with Gasteiger partial charge in [0.1, 0.15) is 5.76 Å². The number of halogens is 1. The van der Waals surface area contributed by atoms with Crippen LogP contribution in [0.5, 0.6) is 0 Å². The summed E-state index contributed by atoms with van der Waals surface area (Å²) in [5, 5.41) is 11.7. The van der Waals surface area contributed by atoms with Crippen LogP contribution in [0.25, 0.3) is 0 Å². The summed E-state index contributed by atoms with van der Waals surface area (Å²) in [6.07, 6.45) is 2.53. The zero-order valence-electron chi connectivity index (χ0n) is 7.24. The molecule has 0 aliphatic rings. The first-order chi connectivity index (χ1) is 6.84. The summed E-state index contributed by atoms with van der Waals surface area (Å²) < 4.78 is 5.98. The van der Waals surface area contributed by atoms with Crippen LogP contribution in [0, 0.1) is 0 Å². The molecular weight excluding hydrogens is 266 g/mol. The highest BCUT2D eigenvalue weighted by atomic mass is 79.9. The molecule has 2 heterocycles. The van der Waals surface area contributed by atoms with E-state index in [1.54, 1.807) is 6.26 Å². The van der Waals surface area contributed by atoms with Crippen LogP contribution in [0.4, 0.5) is 5.13 Å². The van der Waals surface area contributed by atoms with Gasteiger partial charge in [0.15, 0.2) is 3.92 Å². The van der Waals surface area contributed by atoms with E-state index in [2.05, 4.69) is 31.4 Å². The van der Waals surface area contributed by atoms with Crippen molar-refractivity contribution in [1.82, 2.24) is 10.2 Å². The molecule has 0 saturated carbocycles. The standard InChI is InChI=1S/C8H8BrN3OS/c9-7-11-12-8(14-7)10-4-3-6-2-1-5-13-6/h1-2,5H,3-4H2,(H,10,12). The average molecular weight is 274 g/mol. The molecule has 0 aliphatic heterocycles. The molecule has 4 nitrogen and oxygen atoms in total. The number of aromatic nitrogens is 2. The second-order valence-electron chi connectivity index (χ2n) is 2.62. The Hall–Kier alpha value is -0.880. The van der Waals surface area contributed by atoms with Gasteiger partial charge in [-0.25, -0.2) is 0 Å². The summed E-state index contributed by atoms with van der Waals surface area (Å²) in [6, 6.07) is 3.84. The van der Waals surface area contributed by atoms with Crippen molar-refractivity contribution in [3.63, 3.8) is 0 Å². The van der Waals surface area contributed by atoms with Crippen molar-refractivity contribution in [3.05, 3.63) is 28.1 Å². The Bertz CT molecular complexity index is 387. The van der Waals surface area contributed by atoms with Gasteiger partial charge in [0.05, 0.1) is 6.26 Å². The second kappa shape index (κ2) is 4.56. The Morgan fingerprint density at radius 3 is 3.07 bits per heavy atom. The van der Waals surface area contributed by atoms with Gasteiger partial charge in [0.25, 0.3) is 0 Å². The van der Waals surface area contributed by atoms with Crippen molar-refractivity contribution in [2.24, 2.45) is 0 Å². The van der Waals surface area contributed by atoms with Crippen LogP contribution in [0.3, 0.4) is 0 Å². The molecule has 2 rings (SSSR count). The number of anilines is 1. The molecule has 14 heavy (non-hydrogen) atoms. The van der Waals surface area contributed by atoms with E-state index in [1.165, 1.54) is 11.3 Å². The molecule has 0 radical (unpaired) electrons. The minimum Gasteiger partial charge on any atom is -0.469 e. The number of rotatable bonds is 4. The molecule has 74 valence electrons. The van der Waals surface area contributed by atoms with Gasteiger partial charge in [0, 0.05) is 13.0 Å². The zero-order valence-corrected chi connectivity index (χ0v) is 9.64. The summed E-state index contributed by atoms with van der Waals surface area (Å²) in [4.78, 5) is 0. The number of hydrogen-bond acceptors (Lipinski definition) is 5. The molecule has 0 spiro atoms. The van der Waals surface area contributed by atoms with Gasteiger partial charge < -0.3 is 9.73 Å². The lowest BCUT2D eigenvalue weighted by Crippen LogP contribution is -2.03. The van der Waals surface area contributed by atoms with Crippen LogP contribution in [-0.2, 0) is 6.42 Å². The van der Waals surface area contributed by atoms with Crippen molar-refractivity contribution in [1.29, 1.82) is 0 Å². The van der Waals surface area contributed by atoms with E-state index in [0.717, 1.165) is 27.8 Å². The summed E-state index contributed by atoms with van der Waals surface area (Å²) in [7, 11) is 0. The normalized spacial score (nSPS) is 10.4. The summed E-state index contributed by atoms with van der Waals surface area (Å²) in [5.74, 6) is 0.973. The van der Waals surface area contributed by atoms with Gasteiger partial charge in [-0.05, 0) is 28.1 Å². The second-order valence-corrected chi connectivity index (χ2v) is 4.87. The maximum Gasteiger partial charge on any atom is 0.206 e. The van der Waals surface area contributed by atoms with E-state index in [-0.39, 0.29) is 0 Å². The van der Waals surface area contributed by atoms with Crippen molar-refractivity contribution >= 4 is 32.4 Å².